The Kier molecular flexibility index (Phi) is 5.42. The minimum Gasteiger partial charge on any atom is -0.341 e. The minimum atomic E-state index is -0.0827. The third-order valence-electron chi connectivity index (χ3n) is 2.75. The molecule has 0 spiro atoms. The first kappa shape index (κ1) is 12.3. The van der Waals surface area contributed by atoms with Crippen molar-refractivity contribution in [2.75, 3.05) is 33.2 Å². The Labute approximate surface area is 91.4 Å². The van der Waals surface area contributed by atoms with Crippen LogP contribution in [0.3, 0.4) is 0 Å². The lowest BCUT2D eigenvalue weighted by Crippen LogP contribution is -2.50. The number of nitrogens with one attached hydrogen (secondary N) is 2. The first-order chi connectivity index (χ1) is 7.26. The van der Waals surface area contributed by atoms with Crippen molar-refractivity contribution >= 4 is 6.03 Å². The summed E-state index contributed by atoms with van der Waals surface area (Å²) in [6, 6.07) is 0.206. The number of likely N-dealkylation sites (tertiary alicyclic amines) is 1. The quantitative estimate of drug-likeness (QED) is 0.603. The minimum absolute atomic E-state index is 0.0827. The van der Waals surface area contributed by atoms with Gasteiger partial charge in [-0.1, -0.05) is 0 Å². The van der Waals surface area contributed by atoms with Crippen molar-refractivity contribution in [1.29, 1.82) is 0 Å². The Balaban J connectivity index is 2.25. The average molecular weight is 214 g/mol. The van der Waals surface area contributed by atoms with Crippen LogP contribution < -0.4 is 16.4 Å². The molecular formula is C10H22N4O. The van der Waals surface area contributed by atoms with Crippen molar-refractivity contribution < 1.29 is 4.79 Å². The van der Waals surface area contributed by atoms with Gasteiger partial charge in [-0.15, -0.1) is 0 Å². The number of piperidine rings is 1. The highest BCUT2D eigenvalue weighted by Gasteiger charge is 2.20. The van der Waals surface area contributed by atoms with Gasteiger partial charge in [-0.2, -0.15) is 0 Å². The summed E-state index contributed by atoms with van der Waals surface area (Å²) in [4.78, 5) is 13.5. The molecular weight excluding hydrogens is 192 g/mol. The zero-order valence-electron chi connectivity index (χ0n) is 9.46. The van der Waals surface area contributed by atoms with E-state index in [0.29, 0.717) is 0 Å². The molecule has 1 aliphatic rings. The fourth-order valence-electron chi connectivity index (χ4n) is 1.95. The van der Waals surface area contributed by atoms with E-state index in [1.807, 2.05) is 0 Å². The Morgan fingerprint density at radius 2 is 2.40 bits per heavy atom. The SMILES string of the molecule is CNC(=O)N[C@@H]1CCCN(CCCN)C1. The molecule has 88 valence electrons. The molecule has 0 unspecified atom stereocenters. The molecule has 2 amide bonds. The lowest BCUT2D eigenvalue weighted by Gasteiger charge is -2.32. The molecule has 1 rings (SSSR count). The number of carbonyl (C=O) groups is 1. The molecule has 15 heavy (non-hydrogen) atoms. The number of hydrogen-bond donors (Lipinski definition) is 3. The molecule has 0 aromatic heterocycles. The van der Waals surface area contributed by atoms with Gasteiger partial charge in [-0.25, -0.2) is 4.79 Å². The predicted octanol–water partition coefficient (Wildman–Crippen LogP) is -0.271. The van der Waals surface area contributed by atoms with Crippen molar-refractivity contribution in [2.24, 2.45) is 5.73 Å². The average Bonchev–Trinajstić information content (AvgIpc) is 2.26. The maximum atomic E-state index is 11.1. The number of nitrogens with two attached hydrogens (primary N) is 1. The van der Waals surface area contributed by atoms with Crippen LogP contribution >= 0.6 is 0 Å². The van der Waals surface area contributed by atoms with Gasteiger partial charge >= 0.3 is 6.03 Å². The Hall–Kier alpha value is -0.810. The van der Waals surface area contributed by atoms with E-state index < -0.39 is 0 Å². The number of hydrogen-bond acceptors (Lipinski definition) is 3. The van der Waals surface area contributed by atoms with Crippen LogP contribution in [0.4, 0.5) is 4.79 Å². The fourth-order valence-corrected chi connectivity index (χ4v) is 1.95. The fraction of sp³-hybridized carbons (Fsp3) is 0.900. The molecule has 1 saturated heterocycles. The summed E-state index contributed by atoms with van der Waals surface area (Å²) in [6.45, 7) is 3.87. The van der Waals surface area contributed by atoms with E-state index in [2.05, 4.69) is 15.5 Å². The first-order valence-electron chi connectivity index (χ1n) is 5.67. The third-order valence-corrected chi connectivity index (χ3v) is 2.75. The zero-order chi connectivity index (χ0) is 11.1. The molecule has 5 heteroatoms. The lowest BCUT2D eigenvalue weighted by atomic mass is 10.1. The third kappa shape index (κ3) is 4.48. The van der Waals surface area contributed by atoms with Crippen molar-refractivity contribution in [1.82, 2.24) is 15.5 Å². The summed E-state index contributed by atoms with van der Waals surface area (Å²) in [5.41, 5.74) is 5.48. The normalized spacial score (nSPS) is 22.4. The van der Waals surface area contributed by atoms with Crippen LogP contribution in [0, 0.1) is 0 Å². The second-order valence-corrected chi connectivity index (χ2v) is 4.01. The number of carbonyl (C=O) groups excluding carboxylic acids is 1. The van der Waals surface area contributed by atoms with Crippen LogP contribution in [-0.4, -0.2) is 50.2 Å². The maximum Gasteiger partial charge on any atom is 0.314 e. The molecule has 0 aliphatic carbocycles. The largest absolute Gasteiger partial charge is 0.341 e. The highest BCUT2D eigenvalue weighted by molar-refractivity contribution is 5.73. The highest BCUT2D eigenvalue weighted by atomic mass is 16.2. The molecule has 4 N–H and O–H groups in total. The van der Waals surface area contributed by atoms with Crippen LogP contribution in [0.2, 0.25) is 0 Å². The van der Waals surface area contributed by atoms with Gasteiger partial charge in [0.2, 0.25) is 0 Å². The van der Waals surface area contributed by atoms with Gasteiger partial charge in [0.15, 0.2) is 0 Å². The second kappa shape index (κ2) is 6.63. The van der Waals surface area contributed by atoms with Gasteiger partial charge in [0.1, 0.15) is 0 Å². The number of rotatable bonds is 4. The summed E-state index contributed by atoms with van der Waals surface area (Å²) in [5.74, 6) is 0. The molecule has 0 aromatic carbocycles. The topological polar surface area (TPSA) is 70.4 Å². The number of amides is 2. The van der Waals surface area contributed by atoms with Crippen LogP contribution in [0.1, 0.15) is 19.3 Å². The molecule has 1 atom stereocenters. The van der Waals surface area contributed by atoms with Crippen molar-refractivity contribution in [3.05, 3.63) is 0 Å². The van der Waals surface area contributed by atoms with E-state index in [-0.39, 0.29) is 12.1 Å². The van der Waals surface area contributed by atoms with Gasteiger partial charge in [0.05, 0.1) is 0 Å². The summed E-state index contributed by atoms with van der Waals surface area (Å²) >= 11 is 0. The summed E-state index contributed by atoms with van der Waals surface area (Å²) in [5, 5.41) is 5.53. The van der Waals surface area contributed by atoms with Crippen molar-refractivity contribution in [3.63, 3.8) is 0 Å². The van der Waals surface area contributed by atoms with Gasteiger partial charge in [-0.05, 0) is 38.9 Å². The maximum absolute atomic E-state index is 11.1. The smallest absolute Gasteiger partial charge is 0.314 e. The van der Waals surface area contributed by atoms with E-state index >= 15 is 0 Å². The van der Waals surface area contributed by atoms with E-state index in [4.69, 9.17) is 5.73 Å². The monoisotopic (exact) mass is 214 g/mol. The van der Waals surface area contributed by atoms with E-state index in [9.17, 15) is 4.79 Å². The number of nitrogens with zero attached hydrogens (tertiary/aromatic N) is 1. The molecule has 0 aromatic rings. The molecule has 0 bridgehead atoms. The van der Waals surface area contributed by atoms with Gasteiger partial charge < -0.3 is 21.3 Å². The summed E-state index contributed by atoms with van der Waals surface area (Å²) in [6.07, 6.45) is 3.26. The zero-order valence-corrected chi connectivity index (χ0v) is 9.46. The molecule has 0 radical (unpaired) electrons. The van der Waals surface area contributed by atoms with E-state index in [1.54, 1.807) is 7.05 Å². The predicted molar refractivity (Wildman–Crippen MR) is 60.7 cm³/mol. The van der Waals surface area contributed by atoms with Crippen LogP contribution in [0.5, 0.6) is 0 Å². The van der Waals surface area contributed by atoms with Crippen molar-refractivity contribution in [2.45, 2.75) is 25.3 Å². The molecule has 1 aliphatic heterocycles. The number of urea groups is 1. The molecule has 0 saturated carbocycles. The van der Waals surface area contributed by atoms with Gasteiger partial charge in [0, 0.05) is 19.6 Å². The first-order valence-corrected chi connectivity index (χ1v) is 5.67. The summed E-state index contributed by atoms with van der Waals surface area (Å²) < 4.78 is 0. The van der Waals surface area contributed by atoms with Crippen LogP contribution in [0.15, 0.2) is 0 Å². The standard InChI is InChI=1S/C10H22N4O/c1-12-10(15)13-9-4-2-6-14(8-9)7-3-5-11/h9H,2-8,11H2,1H3,(H2,12,13,15)/t9-/m1/s1. The Morgan fingerprint density at radius 3 is 3.07 bits per heavy atom. The molecule has 5 nitrogen and oxygen atoms in total. The highest BCUT2D eigenvalue weighted by Crippen LogP contribution is 2.09. The second-order valence-electron chi connectivity index (χ2n) is 4.01. The lowest BCUT2D eigenvalue weighted by molar-refractivity contribution is 0.186. The van der Waals surface area contributed by atoms with Crippen LogP contribution in [0.25, 0.3) is 0 Å². The Morgan fingerprint density at radius 1 is 1.60 bits per heavy atom. The van der Waals surface area contributed by atoms with Gasteiger partial charge in [-0.3, -0.25) is 0 Å². The molecule has 1 fully saturated rings. The van der Waals surface area contributed by atoms with Crippen LogP contribution in [-0.2, 0) is 0 Å². The van der Waals surface area contributed by atoms with Gasteiger partial charge in [0.25, 0.3) is 0 Å². The van der Waals surface area contributed by atoms with E-state index in [1.165, 1.54) is 0 Å². The van der Waals surface area contributed by atoms with E-state index in [0.717, 1.165) is 45.4 Å². The van der Waals surface area contributed by atoms with Crippen molar-refractivity contribution in [3.8, 4) is 0 Å². The molecule has 1 heterocycles. The Bertz CT molecular complexity index is 198. The summed E-state index contributed by atoms with van der Waals surface area (Å²) in [7, 11) is 1.64.